The SMILES string of the molecule is COCCN1C[C@@H](Cc2ccc3sc(C)nc3c2)CC1=O. The summed E-state index contributed by atoms with van der Waals surface area (Å²) >= 11 is 1.73. The van der Waals surface area contributed by atoms with Gasteiger partial charge in [-0.1, -0.05) is 6.07 Å². The summed E-state index contributed by atoms with van der Waals surface area (Å²) in [4.78, 5) is 18.4. The third-order valence-corrected chi connectivity index (χ3v) is 4.90. The van der Waals surface area contributed by atoms with Crippen LogP contribution in [-0.2, 0) is 16.0 Å². The topological polar surface area (TPSA) is 42.4 Å². The van der Waals surface area contributed by atoms with Gasteiger partial charge in [-0.3, -0.25) is 4.79 Å². The van der Waals surface area contributed by atoms with E-state index in [1.54, 1.807) is 18.4 Å². The number of likely N-dealkylation sites (tertiary alicyclic amines) is 1. The van der Waals surface area contributed by atoms with Crippen molar-refractivity contribution in [2.75, 3.05) is 26.8 Å². The number of carbonyl (C=O) groups is 1. The van der Waals surface area contributed by atoms with Gasteiger partial charge in [-0.25, -0.2) is 4.98 Å². The Labute approximate surface area is 128 Å². The molecule has 1 saturated heterocycles. The normalized spacial score (nSPS) is 18.9. The van der Waals surface area contributed by atoms with Crippen LogP contribution in [0.4, 0.5) is 0 Å². The van der Waals surface area contributed by atoms with Crippen molar-refractivity contribution in [3.8, 4) is 0 Å². The quantitative estimate of drug-likeness (QED) is 0.853. The summed E-state index contributed by atoms with van der Waals surface area (Å²) in [5.74, 6) is 0.661. The van der Waals surface area contributed by atoms with Crippen LogP contribution in [0.15, 0.2) is 18.2 Å². The lowest BCUT2D eigenvalue weighted by Crippen LogP contribution is -2.28. The summed E-state index contributed by atoms with van der Waals surface area (Å²) in [6, 6.07) is 6.48. The van der Waals surface area contributed by atoms with Crippen LogP contribution < -0.4 is 0 Å². The Morgan fingerprint density at radius 1 is 1.48 bits per heavy atom. The van der Waals surface area contributed by atoms with Crippen LogP contribution in [0.3, 0.4) is 0 Å². The average Bonchev–Trinajstić information content (AvgIpc) is 2.98. The number of ether oxygens (including phenoxy) is 1. The Morgan fingerprint density at radius 2 is 2.33 bits per heavy atom. The van der Waals surface area contributed by atoms with E-state index < -0.39 is 0 Å². The summed E-state index contributed by atoms with van der Waals surface area (Å²) in [6.07, 6.45) is 1.60. The molecule has 1 fully saturated rings. The number of aryl methyl sites for hydroxylation is 1. The molecule has 1 aliphatic heterocycles. The van der Waals surface area contributed by atoms with Crippen LogP contribution in [0, 0.1) is 12.8 Å². The minimum atomic E-state index is 0.252. The monoisotopic (exact) mass is 304 g/mol. The Bertz CT molecular complexity index is 653. The van der Waals surface area contributed by atoms with E-state index >= 15 is 0 Å². The summed E-state index contributed by atoms with van der Waals surface area (Å²) in [7, 11) is 1.67. The molecule has 0 bridgehead atoms. The average molecular weight is 304 g/mol. The van der Waals surface area contributed by atoms with Crippen molar-refractivity contribution in [1.82, 2.24) is 9.88 Å². The number of hydrogen-bond acceptors (Lipinski definition) is 4. The Balaban J connectivity index is 1.66. The second kappa shape index (κ2) is 6.12. The van der Waals surface area contributed by atoms with Crippen molar-refractivity contribution in [1.29, 1.82) is 0 Å². The number of aromatic nitrogens is 1. The highest BCUT2D eigenvalue weighted by molar-refractivity contribution is 7.18. The van der Waals surface area contributed by atoms with Gasteiger partial charge in [0.25, 0.3) is 0 Å². The number of amides is 1. The summed E-state index contributed by atoms with van der Waals surface area (Å²) in [5.41, 5.74) is 2.36. The molecule has 1 aromatic heterocycles. The zero-order valence-electron chi connectivity index (χ0n) is 12.5. The molecule has 2 aromatic rings. The molecule has 1 aliphatic rings. The second-order valence-electron chi connectivity index (χ2n) is 5.64. The Kier molecular flexibility index (Phi) is 4.22. The molecule has 0 unspecified atom stereocenters. The molecule has 0 spiro atoms. The van der Waals surface area contributed by atoms with E-state index in [0.29, 0.717) is 25.5 Å². The minimum Gasteiger partial charge on any atom is -0.383 e. The smallest absolute Gasteiger partial charge is 0.223 e. The van der Waals surface area contributed by atoms with Gasteiger partial charge in [0.05, 0.1) is 21.8 Å². The number of methoxy groups -OCH3 is 1. The molecule has 1 aromatic carbocycles. The molecule has 3 rings (SSSR count). The molecule has 112 valence electrons. The predicted octanol–water partition coefficient (Wildman–Crippen LogP) is 2.64. The van der Waals surface area contributed by atoms with Gasteiger partial charge < -0.3 is 9.64 Å². The molecular weight excluding hydrogens is 284 g/mol. The van der Waals surface area contributed by atoms with Crippen molar-refractivity contribution in [2.45, 2.75) is 19.8 Å². The van der Waals surface area contributed by atoms with E-state index in [0.717, 1.165) is 23.5 Å². The lowest BCUT2D eigenvalue weighted by atomic mass is 9.98. The van der Waals surface area contributed by atoms with Crippen LogP contribution in [0.1, 0.15) is 17.0 Å². The number of fused-ring (bicyclic) bond motifs is 1. The maximum Gasteiger partial charge on any atom is 0.223 e. The first kappa shape index (κ1) is 14.5. The van der Waals surface area contributed by atoms with Crippen molar-refractivity contribution in [3.63, 3.8) is 0 Å². The standard InChI is InChI=1S/C16H20N2O2S/c1-11-17-14-8-12(3-4-15(14)21-11)7-13-9-16(19)18(10-13)5-6-20-2/h3-4,8,13H,5-7,9-10H2,1-2H3/t13-/m0/s1. The molecule has 4 nitrogen and oxygen atoms in total. The first-order valence-corrected chi connectivity index (χ1v) is 8.10. The van der Waals surface area contributed by atoms with Crippen LogP contribution in [0.5, 0.6) is 0 Å². The molecule has 1 atom stereocenters. The molecule has 21 heavy (non-hydrogen) atoms. The zero-order chi connectivity index (χ0) is 14.8. The first-order chi connectivity index (χ1) is 10.2. The van der Waals surface area contributed by atoms with Crippen molar-refractivity contribution >= 4 is 27.5 Å². The number of thiazole rings is 1. The number of hydrogen-bond donors (Lipinski definition) is 0. The van der Waals surface area contributed by atoms with E-state index in [9.17, 15) is 4.79 Å². The van der Waals surface area contributed by atoms with Gasteiger partial charge >= 0.3 is 0 Å². The molecule has 0 aliphatic carbocycles. The number of rotatable bonds is 5. The minimum absolute atomic E-state index is 0.252. The van der Waals surface area contributed by atoms with E-state index in [2.05, 4.69) is 23.2 Å². The fraction of sp³-hybridized carbons (Fsp3) is 0.500. The first-order valence-electron chi connectivity index (χ1n) is 7.28. The Hall–Kier alpha value is -1.46. The van der Waals surface area contributed by atoms with Gasteiger partial charge in [-0.2, -0.15) is 0 Å². The molecule has 0 radical (unpaired) electrons. The fourth-order valence-corrected chi connectivity index (χ4v) is 3.76. The third-order valence-electron chi connectivity index (χ3n) is 3.94. The summed E-state index contributed by atoms with van der Waals surface area (Å²) in [6.45, 7) is 4.20. The van der Waals surface area contributed by atoms with E-state index in [4.69, 9.17) is 4.74 Å². The second-order valence-corrected chi connectivity index (χ2v) is 6.88. The van der Waals surface area contributed by atoms with Gasteiger partial charge in [0.2, 0.25) is 5.91 Å². The maximum atomic E-state index is 12.0. The van der Waals surface area contributed by atoms with Crippen molar-refractivity contribution in [2.24, 2.45) is 5.92 Å². The van der Waals surface area contributed by atoms with Gasteiger partial charge in [0.15, 0.2) is 0 Å². The highest BCUT2D eigenvalue weighted by atomic mass is 32.1. The van der Waals surface area contributed by atoms with Gasteiger partial charge in [0.1, 0.15) is 0 Å². The van der Waals surface area contributed by atoms with Gasteiger partial charge in [0, 0.05) is 26.6 Å². The summed E-state index contributed by atoms with van der Waals surface area (Å²) in [5, 5.41) is 1.10. The highest BCUT2D eigenvalue weighted by Gasteiger charge is 2.29. The summed E-state index contributed by atoms with van der Waals surface area (Å²) < 4.78 is 6.29. The van der Waals surface area contributed by atoms with Crippen molar-refractivity contribution in [3.05, 3.63) is 28.8 Å². The van der Waals surface area contributed by atoms with Gasteiger partial charge in [-0.05, 0) is 37.0 Å². The molecule has 0 saturated carbocycles. The Morgan fingerprint density at radius 3 is 3.14 bits per heavy atom. The van der Waals surface area contributed by atoms with E-state index in [-0.39, 0.29) is 5.91 Å². The molecule has 5 heteroatoms. The molecule has 2 heterocycles. The van der Waals surface area contributed by atoms with E-state index in [1.807, 2.05) is 11.8 Å². The van der Waals surface area contributed by atoms with E-state index in [1.165, 1.54) is 10.3 Å². The number of nitrogens with zero attached hydrogens (tertiary/aromatic N) is 2. The lowest BCUT2D eigenvalue weighted by Gasteiger charge is -2.15. The third kappa shape index (κ3) is 3.24. The molecular formula is C16H20N2O2S. The fourth-order valence-electron chi connectivity index (χ4n) is 2.96. The molecule has 0 N–H and O–H groups in total. The lowest BCUT2D eigenvalue weighted by molar-refractivity contribution is -0.128. The highest BCUT2D eigenvalue weighted by Crippen LogP contribution is 2.26. The maximum absolute atomic E-state index is 12.0. The zero-order valence-corrected chi connectivity index (χ0v) is 13.3. The van der Waals surface area contributed by atoms with Crippen molar-refractivity contribution < 1.29 is 9.53 Å². The molecule has 1 amide bonds. The van der Waals surface area contributed by atoms with Crippen LogP contribution in [0.25, 0.3) is 10.2 Å². The van der Waals surface area contributed by atoms with Crippen LogP contribution in [-0.4, -0.2) is 42.6 Å². The van der Waals surface area contributed by atoms with Crippen LogP contribution in [0.2, 0.25) is 0 Å². The van der Waals surface area contributed by atoms with Crippen LogP contribution >= 0.6 is 11.3 Å². The van der Waals surface area contributed by atoms with Gasteiger partial charge in [-0.15, -0.1) is 11.3 Å². The predicted molar refractivity (Wildman–Crippen MR) is 84.6 cm³/mol. The number of carbonyl (C=O) groups excluding carboxylic acids is 1. The number of benzene rings is 1. The largest absolute Gasteiger partial charge is 0.383 e.